The normalized spacial score (nSPS) is 12.8. The number of aromatic nitrogens is 1. The van der Waals surface area contributed by atoms with Gasteiger partial charge in [0.05, 0.1) is 5.02 Å². The van der Waals surface area contributed by atoms with Crippen molar-refractivity contribution in [2.45, 2.75) is 6.10 Å². The number of hydrogen-bond donors (Lipinski definition) is 1. The van der Waals surface area contributed by atoms with Crippen molar-refractivity contribution in [3.8, 4) is 0 Å². The molecule has 2 aromatic rings. The average molecular weight is 323 g/mol. The summed E-state index contributed by atoms with van der Waals surface area (Å²) < 4.78 is 14.2. The number of thiazole rings is 1. The molecule has 1 N–H and O–H groups in total. The highest BCUT2D eigenvalue weighted by atomic mass is 79.9. The quantitative estimate of drug-likeness (QED) is 0.913. The summed E-state index contributed by atoms with van der Waals surface area (Å²) in [5.74, 6) is -0.608. The van der Waals surface area contributed by atoms with Crippen LogP contribution in [0.3, 0.4) is 0 Å². The monoisotopic (exact) mass is 321 g/mol. The molecule has 0 aliphatic carbocycles. The molecule has 16 heavy (non-hydrogen) atoms. The molecule has 1 heterocycles. The van der Waals surface area contributed by atoms with Gasteiger partial charge in [0.1, 0.15) is 21.5 Å². The van der Waals surface area contributed by atoms with Crippen molar-refractivity contribution in [3.05, 3.63) is 49.6 Å². The van der Waals surface area contributed by atoms with Crippen molar-refractivity contribution in [2.24, 2.45) is 0 Å². The third-order valence-corrected chi connectivity index (χ3v) is 3.90. The molecule has 84 valence electrons. The van der Waals surface area contributed by atoms with Gasteiger partial charge in [-0.2, -0.15) is 0 Å². The fourth-order valence-electron chi connectivity index (χ4n) is 1.26. The average Bonchev–Trinajstić information content (AvgIpc) is 2.68. The molecule has 1 aromatic carbocycles. The first-order valence-corrected chi connectivity index (χ1v) is 6.37. The van der Waals surface area contributed by atoms with Crippen molar-refractivity contribution < 1.29 is 9.50 Å². The lowest BCUT2D eigenvalue weighted by molar-refractivity contribution is 0.214. The summed E-state index contributed by atoms with van der Waals surface area (Å²) >= 11 is 10.1. The van der Waals surface area contributed by atoms with Gasteiger partial charge in [-0.15, -0.1) is 11.3 Å². The Bertz CT molecular complexity index is 519. The molecule has 0 saturated carbocycles. The molecule has 2 rings (SSSR count). The number of aliphatic hydroxyl groups excluding tert-OH is 1. The van der Waals surface area contributed by atoms with Gasteiger partial charge in [0.25, 0.3) is 0 Å². The second kappa shape index (κ2) is 4.79. The highest BCUT2D eigenvalue weighted by Crippen LogP contribution is 2.30. The summed E-state index contributed by atoms with van der Waals surface area (Å²) in [6.07, 6.45) is -1.09. The van der Waals surface area contributed by atoms with Crippen LogP contribution in [0.15, 0.2) is 28.2 Å². The molecule has 0 aliphatic heterocycles. The Balaban J connectivity index is 2.41. The third kappa shape index (κ3) is 2.27. The number of rotatable bonds is 2. The molecule has 0 fully saturated rings. The number of nitrogens with zero attached hydrogens (tertiary/aromatic N) is 1. The second-order valence-electron chi connectivity index (χ2n) is 3.05. The molecule has 0 spiro atoms. The van der Waals surface area contributed by atoms with Gasteiger partial charge in [-0.05, 0) is 22.0 Å². The van der Waals surface area contributed by atoms with Gasteiger partial charge in [0.15, 0.2) is 0 Å². The molecular weight excluding hydrogens is 317 g/mol. The maximum absolute atomic E-state index is 13.6. The Morgan fingerprint density at radius 3 is 2.88 bits per heavy atom. The predicted molar refractivity (Wildman–Crippen MR) is 65.3 cm³/mol. The van der Waals surface area contributed by atoms with Gasteiger partial charge >= 0.3 is 0 Å². The minimum Gasteiger partial charge on any atom is -0.381 e. The highest BCUT2D eigenvalue weighted by molar-refractivity contribution is 9.10. The first-order valence-electron chi connectivity index (χ1n) is 4.32. The predicted octanol–water partition coefficient (Wildman–Crippen LogP) is 3.78. The number of benzene rings is 1. The maximum Gasteiger partial charge on any atom is 0.148 e. The number of hydrogen-bond acceptors (Lipinski definition) is 3. The molecule has 6 heteroatoms. The molecule has 1 unspecified atom stereocenters. The van der Waals surface area contributed by atoms with Crippen LogP contribution >= 0.6 is 38.9 Å². The van der Waals surface area contributed by atoms with E-state index in [1.54, 1.807) is 11.4 Å². The second-order valence-corrected chi connectivity index (χ2v) is 5.16. The van der Waals surface area contributed by atoms with E-state index in [1.807, 2.05) is 0 Å². The van der Waals surface area contributed by atoms with Crippen LogP contribution in [0, 0.1) is 5.82 Å². The number of aliphatic hydroxyl groups is 1. The van der Waals surface area contributed by atoms with E-state index in [9.17, 15) is 9.50 Å². The summed E-state index contributed by atoms with van der Waals surface area (Å²) in [6, 6.07) is 4.51. The summed E-state index contributed by atoms with van der Waals surface area (Å²) in [6.45, 7) is 0. The van der Waals surface area contributed by atoms with Gasteiger partial charge in [0, 0.05) is 10.9 Å². The SMILES string of the molecule is OC(c1nc(Br)cs1)c1cccc(Cl)c1F. The minimum atomic E-state index is -1.09. The van der Waals surface area contributed by atoms with E-state index in [4.69, 9.17) is 11.6 Å². The summed E-state index contributed by atoms with van der Waals surface area (Å²) in [4.78, 5) is 4.03. The Morgan fingerprint density at radius 1 is 1.50 bits per heavy atom. The fourth-order valence-corrected chi connectivity index (χ4v) is 2.71. The van der Waals surface area contributed by atoms with E-state index >= 15 is 0 Å². The van der Waals surface area contributed by atoms with E-state index in [2.05, 4.69) is 20.9 Å². The lowest BCUT2D eigenvalue weighted by Gasteiger charge is -2.09. The van der Waals surface area contributed by atoms with Crippen LogP contribution in [0.5, 0.6) is 0 Å². The maximum atomic E-state index is 13.6. The van der Waals surface area contributed by atoms with Crippen molar-refractivity contribution in [1.82, 2.24) is 4.98 Å². The Hall–Kier alpha value is -0.490. The van der Waals surface area contributed by atoms with Crippen LogP contribution < -0.4 is 0 Å². The van der Waals surface area contributed by atoms with Crippen molar-refractivity contribution >= 4 is 38.9 Å². The summed E-state index contributed by atoms with van der Waals surface area (Å²) in [5.41, 5.74) is 0.134. The standard InChI is InChI=1S/C10H6BrClFNOS/c11-7-4-16-10(14-7)9(15)5-2-1-3-6(12)8(5)13/h1-4,9,15H. The molecule has 0 amide bonds. The van der Waals surface area contributed by atoms with Gasteiger partial charge in [-0.1, -0.05) is 23.7 Å². The van der Waals surface area contributed by atoms with Gasteiger partial charge in [0.2, 0.25) is 0 Å². The topological polar surface area (TPSA) is 33.1 Å². The highest BCUT2D eigenvalue weighted by Gasteiger charge is 2.19. The van der Waals surface area contributed by atoms with Gasteiger partial charge < -0.3 is 5.11 Å². The van der Waals surface area contributed by atoms with E-state index in [0.29, 0.717) is 9.61 Å². The van der Waals surface area contributed by atoms with Crippen LogP contribution in [0.25, 0.3) is 0 Å². The van der Waals surface area contributed by atoms with Gasteiger partial charge in [-0.25, -0.2) is 9.37 Å². The molecular formula is C10H6BrClFNOS. The summed E-state index contributed by atoms with van der Waals surface area (Å²) in [5, 5.41) is 12.1. The Morgan fingerprint density at radius 2 is 2.25 bits per heavy atom. The molecule has 0 aliphatic rings. The zero-order valence-electron chi connectivity index (χ0n) is 7.82. The molecule has 0 radical (unpaired) electrons. The third-order valence-electron chi connectivity index (χ3n) is 2.00. The summed E-state index contributed by atoms with van der Waals surface area (Å²) in [7, 11) is 0. The smallest absolute Gasteiger partial charge is 0.148 e. The van der Waals surface area contributed by atoms with Gasteiger partial charge in [-0.3, -0.25) is 0 Å². The van der Waals surface area contributed by atoms with Crippen LogP contribution in [0.4, 0.5) is 4.39 Å². The van der Waals surface area contributed by atoms with Crippen LogP contribution in [0.1, 0.15) is 16.7 Å². The van der Waals surface area contributed by atoms with E-state index < -0.39 is 11.9 Å². The Kier molecular flexibility index (Phi) is 3.59. The van der Waals surface area contributed by atoms with Crippen molar-refractivity contribution in [1.29, 1.82) is 0 Å². The lowest BCUT2D eigenvalue weighted by Crippen LogP contribution is -2.02. The first-order chi connectivity index (χ1) is 7.59. The fraction of sp³-hybridized carbons (Fsp3) is 0.100. The van der Waals surface area contributed by atoms with Crippen LogP contribution in [-0.2, 0) is 0 Å². The largest absolute Gasteiger partial charge is 0.381 e. The van der Waals surface area contributed by atoms with E-state index in [-0.39, 0.29) is 10.6 Å². The van der Waals surface area contributed by atoms with Crippen molar-refractivity contribution in [3.63, 3.8) is 0 Å². The van der Waals surface area contributed by atoms with Crippen LogP contribution in [-0.4, -0.2) is 10.1 Å². The lowest BCUT2D eigenvalue weighted by atomic mass is 10.1. The van der Waals surface area contributed by atoms with Crippen LogP contribution in [0.2, 0.25) is 5.02 Å². The van der Waals surface area contributed by atoms with E-state index in [1.165, 1.54) is 23.5 Å². The zero-order valence-corrected chi connectivity index (χ0v) is 11.0. The molecule has 0 bridgehead atoms. The Labute approximate surface area is 109 Å². The minimum absolute atomic E-state index is 0.00725. The molecule has 1 atom stereocenters. The molecule has 0 saturated heterocycles. The molecule has 1 aromatic heterocycles. The van der Waals surface area contributed by atoms with E-state index in [0.717, 1.165) is 0 Å². The first kappa shape index (κ1) is 12.0. The number of halogens is 3. The molecule has 2 nitrogen and oxygen atoms in total. The van der Waals surface area contributed by atoms with Crippen molar-refractivity contribution in [2.75, 3.05) is 0 Å². The zero-order chi connectivity index (χ0) is 11.7.